The molecule has 2 aliphatic carbocycles. The molecule has 0 radical (unpaired) electrons. The largest absolute Gasteiger partial charge is 0.322 e. The third kappa shape index (κ3) is 5.57. The second-order valence-corrected chi connectivity index (χ2v) is 8.39. The third-order valence-electron chi connectivity index (χ3n) is 6.05. The average molecular weight is 457 g/mol. The first kappa shape index (κ1) is 23.7. The van der Waals surface area contributed by atoms with Gasteiger partial charge in [-0.2, -0.15) is 0 Å². The molecular formula is C32H28N2O. The van der Waals surface area contributed by atoms with E-state index in [1.165, 1.54) is 22.9 Å². The Kier molecular flexibility index (Phi) is 7.55. The highest BCUT2D eigenvalue weighted by molar-refractivity contribution is 6.01. The fourth-order valence-electron chi connectivity index (χ4n) is 4.29. The maximum absolute atomic E-state index is 13.4. The zero-order chi connectivity index (χ0) is 24.6. The smallest absolute Gasteiger partial charge is 0.252 e. The number of carbonyl (C=O) groups excluding carboxylic acids is 1. The molecule has 0 heterocycles. The molecule has 0 fully saturated rings. The maximum Gasteiger partial charge on any atom is 0.252 e. The number of amides is 1. The summed E-state index contributed by atoms with van der Waals surface area (Å²) in [7, 11) is 0. The monoisotopic (exact) mass is 456 g/mol. The van der Waals surface area contributed by atoms with E-state index in [1.54, 1.807) is 6.08 Å². The summed E-state index contributed by atoms with van der Waals surface area (Å²) in [4.78, 5) is 13.4. The number of hydrogen-bond donors (Lipinski definition) is 2. The van der Waals surface area contributed by atoms with Crippen LogP contribution < -0.4 is 5.32 Å². The highest BCUT2D eigenvalue weighted by Gasteiger charge is 2.19. The molecule has 172 valence electrons. The van der Waals surface area contributed by atoms with Crippen LogP contribution in [0.25, 0.3) is 11.1 Å². The summed E-state index contributed by atoms with van der Waals surface area (Å²) >= 11 is 0. The van der Waals surface area contributed by atoms with E-state index < -0.39 is 0 Å². The van der Waals surface area contributed by atoms with Crippen LogP contribution in [0, 0.1) is 5.41 Å². The van der Waals surface area contributed by atoms with Crippen molar-refractivity contribution in [3.8, 4) is 0 Å². The van der Waals surface area contributed by atoms with E-state index in [1.807, 2.05) is 80.6 Å². The number of carbonyl (C=O) groups is 1. The highest BCUT2D eigenvalue weighted by atomic mass is 16.1. The highest BCUT2D eigenvalue weighted by Crippen LogP contribution is 2.35. The van der Waals surface area contributed by atoms with E-state index in [4.69, 9.17) is 5.41 Å². The van der Waals surface area contributed by atoms with Gasteiger partial charge in [-0.05, 0) is 78.1 Å². The van der Waals surface area contributed by atoms with Gasteiger partial charge in [0.05, 0.1) is 0 Å². The van der Waals surface area contributed by atoms with Crippen LogP contribution in [0.4, 0.5) is 0 Å². The number of nitrogens with one attached hydrogen (secondary N) is 2. The fourth-order valence-corrected chi connectivity index (χ4v) is 4.29. The minimum absolute atomic E-state index is 0.226. The van der Waals surface area contributed by atoms with Gasteiger partial charge in [0.25, 0.3) is 5.91 Å². The van der Waals surface area contributed by atoms with Gasteiger partial charge in [0.1, 0.15) is 0 Å². The molecule has 0 unspecified atom stereocenters. The van der Waals surface area contributed by atoms with Gasteiger partial charge >= 0.3 is 0 Å². The molecule has 1 amide bonds. The minimum Gasteiger partial charge on any atom is -0.322 e. The fraction of sp³-hybridized carbons (Fsp3) is 0.125. The molecule has 2 aliphatic rings. The first-order valence-corrected chi connectivity index (χ1v) is 11.7. The Morgan fingerprint density at radius 3 is 2.46 bits per heavy atom. The Hall–Kier alpha value is -4.42. The molecule has 2 aromatic rings. The van der Waals surface area contributed by atoms with E-state index in [0.717, 1.165) is 28.7 Å². The summed E-state index contributed by atoms with van der Waals surface area (Å²) in [5, 5.41) is 10.7. The van der Waals surface area contributed by atoms with Gasteiger partial charge in [-0.25, -0.2) is 0 Å². The Labute approximate surface area is 207 Å². The van der Waals surface area contributed by atoms with Gasteiger partial charge in [0.15, 0.2) is 0 Å². The molecule has 2 aromatic carbocycles. The second-order valence-electron chi connectivity index (χ2n) is 8.39. The van der Waals surface area contributed by atoms with Crippen molar-refractivity contribution < 1.29 is 4.79 Å². The van der Waals surface area contributed by atoms with E-state index >= 15 is 0 Å². The molecule has 0 spiro atoms. The summed E-state index contributed by atoms with van der Waals surface area (Å²) in [6.45, 7) is 3.82. The van der Waals surface area contributed by atoms with Crippen molar-refractivity contribution in [2.75, 3.05) is 0 Å². The van der Waals surface area contributed by atoms with Crippen molar-refractivity contribution in [2.24, 2.45) is 0 Å². The van der Waals surface area contributed by atoms with Crippen molar-refractivity contribution in [3.05, 3.63) is 142 Å². The normalized spacial score (nSPS) is 14.7. The molecule has 4 rings (SSSR count). The number of allylic oxidation sites excluding steroid dienone is 8. The van der Waals surface area contributed by atoms with Crippen LogP contribution in [-0.2, 0) is 4.79 Å². The van der Waals surface area contributed by atoms with Gasteiger partial charge in [-0.1, -0.05) is 66.7 Å². The Bertz CT molecular complexity index is 1400. The van der Waals surface area contributed by atoms with Crippen molar-refractivity contribution in [3.63, 3.8) is 0 Å². The quantitative estimate of drug-likeness (QED) is 0.198. The number of rotatable bonds is 7. The van der Waals surface area contributed by atoms with Crippen molar-refractivity contribution in [1.29, 1.82) is 5.41 Å². The summed E-state index contributed by atoms with van der Waals surface area (Å²) in [5.41, 5.74) is 15.0. The summed E-state index contributed by atoms with van der Waals surface area (Å²) in [6.07, 6.45) is 12.1. The molecule has 0 aromatic heterocycles. The first-order chi connectivity index (χ1) is 17.1. The zero-order valence-corrected chi connectivity index (χ0v) is 20.1. The van der Waals surface area contributed by atoms with Gasteiger partial charge < -0.3 is 10.7 Å². The van der Waals surface area contributed by atoms with Crippen LogP contribution in [0.1, 0.15) is 37.8 Å². The van der Waals surface area contributed by atoms with Crippen LogP contribution in [0.5, 0.6) is 0 Å². The Morgan fingerprint density at radius 1 is 1.06 bits per heavy atom. The lowest BCUT2D eigenvalue weighted by Gasteiger charge is -2.14. The summed E-state index contributed by atoms with van der Waals surface area (Å²) in [5.74, 6) is -0.226. The summed E-state index contributed by atoms with van der Waals surface area (Å²) in [6, 6.07) is 20.2. The second kappa shape index (κ2) is 11.1. The molecule has 0 aliphatic heterocycles. The topological polar surface area (TPSA) is 53.0 Å². The maximum atomic E-state index is 13.4. The minimum atomic E-state index is -0.226. The lowest BCUT2D eigenvalue weighted by Crippen LogP contribution is -2.25. The lowest BCUT2D eigenvalue weighted by atomic mass is 9.93. The molecule has 0 saturated carbocycles. The van der Waals surface area contributed by atoms with E-state index in [2.05, 4.69) is 35.0 Å². The number of benzene rings is 2. The van der Waals surface area contributed by atoms with Crippen molar-refractivity contribution in [2.45, 2.75) is 26.7 Å². The molecule has 2 N–H and O–H groups in total. The van der Waals surface area contributed by atoms with Crippen LogP contribution in [0.3, 0.4) is 0 Å². The van der Waals surface area contributed by atoms with Crippen LogP contribution in [0.15, 0.2) is 130 Å². The standard InChI is InChI=1S/C32H28N2O/c1-3-11-30(25-14-8-5-9-15-25)23(2)31(18-19-33)32(35)34-29-17-10-16-26-20-27(21-28(26)22-29)24-12-6-4-7-13-24/h3-9,12-17,19,21-22,33H,18,20H2,1-2H3,(H,34,35)/b31-23+,33-19?. The lowest BCUT2D eigenvalue weighted by molar-refractivity contribution is -0.116. The van der Waals surface area contributed by atoms with E-state index in [9.17, 15) is 4.79 Å². The molecule has 0 saturated heterocycles. The van der Waals surface area contributed by atoms with Crippen LogP contribution in [0.2, 0.25) is 0 Å². The van der Waals surface area contributed by atoms with Gasteiger partial charge in [0, 0.05) is 29.3 Å². The average Bonchev–Trinajstić information content (AvgIpc) is 3.19. The van der Waals surface area contributed by atoms with E-state index in [0.29, 0.717) is 11.3 Å². The Morgan fingerprint density at radius 2 is 1.77 bits per heavy atom. The predicted molar refractivity (Wildman–Crippen MR) is 145 cm³/mol. The van der Waals surface area contributed by atoms with Gasteiger partial charge in [-0.15, -0.1) is 11.5 Å². The van der Waals surface area contributed by atoms with E-state index in [-0.39, 0.29) is 12.3 Å². The first-order valence-electron chi connectivity index (χ1n) is 11.7. The number of hydrogen-bond acceptors (Lipinski definition) is 2. The zero-order valence-electron chi connectivity index (χ0n) is 20.1. The molecule has 0 atom stereocenters. The summed E-state index contributed by atoms with van der Waals surface area (Å²) < 4.78 is 0. The molecule has 3 heteroatoms. The van der Waals surface area contributed by atoms with Gasteiger partial charge in [-0.3, -0.25) is 4.79 Å². The van der Waals surface area contributed by atoms with Crippen LogP contribution >= 0.6 is 0 Å². The van der Waals surface area contributed by atoms with Gasteiger partial charge in [0.2, 0.25) is 0 Å². The predicted octanol–water partition coefficient (Wildman–Crippen LogP) is 7.11. The van der Waals surface area contributed by atoms with Crippen molar-refractivity contribution in [1.82, 2.24) is 5.32 Å². The third-order valence-corrected chi connectivity index (χ3v) is 6.05. The van der Waals surface area contributed by atoms with Crippen LogP contribution in [-0.4, -0.2) is 12.1 Å². The molecule has 3 nitrogen and oxygen atoms in total. The Balaban J connectivity index is 1.64. The molecular weight excluding hydrogens is 428 g/mol. The molecule has 35 heavy (non-hydrogen) atoms. The molecule has 0 bridgehead atoms. The van der Waals surface area contributed by atoms with Crippen molar-refractivity contribution >= 4 is 23.3 Å². The SMILES string of the molecule is CC=C=C(/C(C)=C(\CC=N)C(=O)NC1=CC2=C(C=C=C1)CC(c1ccccc1)=C2)c1ccccc1.